The Morgan fingerprint density at radius 3 is 2.38 bits per heavy atom. The lowest BCUT2D eigenvalue weighted by Gasteiger charge is -2.28. The highest BCUT2D eigenvalue weighted by Gasteiger charge is 2.36. The Kier molecular flexibility index (Phi) is 5.68. The van der Waals surface area contributed by atoms with Crippen LogP contribution in [-0.4, -0.2) is 22.1 Å². The zero-order chi connectivity index (χ0) is 21.5. The number of aryl methyl sites for hydroxylation is 2. The van der Waals surface area contributed by atoms with Crippen molar-refractivity contribution < 1.29 is 9.53 Å². The van der Waals surface area contributed by atoms with E-state index in [0.29, 0.717) is 16.0 Å². The molecule has 2 aromatic heterocycles. The Morgan fingerprint density at radius 2 is 1.83 bits per heavy atom. The van der Waals surface area contributed by atoms with Gasteiger partial charge in [-0.3, -0.25) is 9.36 Å². The number of carbonyl (C=O) groups excluding carboxylic acids is 1. The van der Waals surface area contributed by atoms with Crippen molar-refractivity contribution in [3.05, 3.63) is 50.9 Å². The molecule has 0 saturated carbocycles. The van der Waals surface area contributed by atoms with Gasteiger partial charge in [0, 0.05) is 16.4 Å². The minimum atomic E-state index is -1.16. The first-order valence-corrected chi connectivity index (χ1v) is 10.7. The van der Waals surface area contributed by atoms with Gasteiger partial charge < -0.3 is 4.74 Å². The van der Waals surface area contributed by atoms with Crippen LogP contribution in [0.25, 0.3) is 21.3 Å². The van der Waals surface area contributed by atoms with Crippen LogP contribution in [0.2, 0.25) is 0 Å². The zero-order valence-corrected chi connectivity index (χ0v) is 18.9. The van der Waals surface area contributed by atoms with Crippen molar-refractivity contribution in [3.63, 3.8) is 0 Å². The van der Waals surface area contributed by atoms with Crippen LogP contribution >= 0.6 is 11.3 Å². The van der Waals surface area contributed by atoms with E-state index in [-0.39, 0.29) is 18.1 Å². The van der Waals surface area contributed by atoms with Crippen LogP contribution in [0.1, 0.15) is 56.8 Å². The van der Waals surface area contributed by atoms with Gasteiger partial charge in [-0.15, -0.1) is 11.3 Å². The molecule has 2 heterocycles. The number of benzene rings is 1. The summed E-state index contributed by atoms with van der Waals surface area (Å²) in [4.78, 5) is 33.1. The lowest BCUT2D eigenvalue weighted by atomic mass is 10.00. The third-order valence-corrected chi connectivity index (χ3v) is 6.12. The number of hydrogen-bond acceptors (Lipinski definition) is 5. The normalized spacial score (nSPS) is 12.0. The van der Waals surface area contributed by atoms with Gasteiger partial charge in [0.2, 0.25) is 0 Å². The minimum Gasteiger partial charge on any atom is -0.464 e. The van der Waals surface area contributed by atoms with E-state index in [9.17, 15) is 9.59 Å². The Morgan fingerprint density at radius 1 is 1.21 bits per heavy atom. The summed E-state index contributed by atoms with van der Waals surface area (Å²) in [6, 6.07) is 8.13. The van der Waals surface area contributed by atoms with Gasteiger partial charge in [0.05, 0.1) is 12.0 Å². The number of fused-ring (bicyclic) bond motifs is 1. The standard InChI is InChI=1S/C23H28N2O3S/c1-8-28-22(27)23(6,7)25-19(13(2)3)24-20-18(21(25)26)17(15(5)29-20)16-11-9-14(4)10-12-16/h9-13H,8H2,1-7H3. The number of carbonyl (C=O) groups is 1. The Labute approximate surface area is 175 Å². The van der Waals surface area contributed by atoms with Gasteiger partial charge in [0.15, 0.2) is 0 Å². The largest absolute Gasteiger partial charge is 0.464 e. The fourth-order valence-electron chi connectivity index (χ4n) is 3.57. The fraction of sp³-hybridized carbons (Fsp3) is 0.435. The first kappa shape index (κ1) is 21.2. The summed E-state index contributed by atoms with van der Waals surface area (Å²) < 4.78 is 6.80. The molecule has 154 valence electrons. The van der Waals surface area contributed by atoms with E-state index >= 15 is 0 Å². The molecule has 0 aliphatic heterocycles. The van der Waals surface area contributed by atoms with E-state index in [1.165, 1.54) is 15.9 Å². The van der Waals surface area contributed by atoms with Gasteiger partial charge in [0.25, 0.3) is 5.56 Å². The highest BCUT2D eigenvalue weighted by molar-refractivity contribution is 7.19. The first-order chi connectivity index (χ1) is 13.6. The average Bonchev–Trinajstić information content (AvgIpc) is 2.98. The smallest absolute Gasteiger partial charge is 0.331 e. The molecule has 3 rings (SSSR count). The van der Waals surface area contributed by atoms with Crippen molar-refractivity contribution in [2.24, 2.45) is 0 Å². The minimum absolute atomic E-state index is 0.0222. The molecule has 0 amide bonds. The van der Waals surface area contributed by atoms with Gasteiger partial charge in [-0.25, -0.2) is 9.78 Å². The van der Waals surface area contributed by atoms with Gasteiger partial charge >= 0.3 is 5.97 Å². The maximum atomic E-state index is 13.8. The predicted molar refractivity (Wildman–Crippen MR) is 119 cm³/mol. The SMILES string of the molecule is CCOC(=O)C(C)(C)n1c(C(C)C)nc2sc(C)c(-c3ccc(C)cc3)c2c1=O. The molecule has 0 N–H and O–H groups in total. The average molecular weight is 413 g/mol. The summed E-state index contributed by atoms with van der Waals surface area (Å²) in [6.07, 6.45) is 0. The highest BCUT2D eigenvalue weighted by Crippen LogP contribution is 2.37. The number of ether oxygens (including phenoxy) is 1. The summed E-state index contributed by atoms with van der Waals surface area (Å²) in [5.74, 6) is 0.136. The van der Waals surface area contributed by atoms with Crippen LogP contribution in [0.3, 0.4) is 0 Å². The molecule has 0 aliphatic rings. The summed E-state index contributed by atoms with van der Waals surface area (Å²) in [7, 11) is 0. The monoisotopic (exact) mass is 412 g/mol. The molecule has 0 unspecified atom stereocenters. The van der Waals surface area contributed by atoms with Crippen LogP contribution in [0, 0.1) is 13.8 Å². The molecule has 29 heavy (non-hydrogen) atoms. The van der Waals surface area contributed by atoms with Crippen LogP contribution in [0.5, 0.6) is 0 Å². The number of aromatic nitrogens is 2. The molecule has 1 aromatic carbocycles. The second-order valence-corrected chi connectivity index (χ2v) is 9.33. The van der Waals surface area contributed by atoms with Crippen LogP contribution in [-0.2, 0) is 15.1 Å². The summed E-state index contributed by atoms with van der Waals surface area (Å²) in [5.41, 5.74) is 1.68. The number of rotatable bonds is 5. The van der Waals surface area contributed by atoms with Crippen molar-refractivity contribution in [1.29, 1.82) is 0 Å². The van der Waals surface area contributed by atoms with Gasteiger partial charge in [0.1, 0.15) is 16.2 Å². The van der Waals surface area contributed by atoms with Crippen molar-refractivity contribution in [2.45, 2.75) is 59.9 Å². The molecular weight excluding hydrogens is 384 g/mol. The lowest BCUT2D eigenvalue weighted by Crippen LogP contribution is -2.46. The summed E-state index contributed by atoms with van der Waals surface area (Å²) in [5, 5.41) is 0.568. The molecule has 0 bridgehead atoms. The van der Waals surface area contributed by atoms with Crippen molar-refractivity contribution in [3.8, 4) is 11.1 Å². The maximum absolute atomic E-state index is 13.8. The van der Waals surface area contributed by atoms with Gasteiger partial charge in [-0.05, 0) is 40.2 Å². The third-order valence-electron chi connectivity index (χ3n) is 5.12. The molecule has 6 heteroatoms. The van der Waals surface area contributed by atoms with Crippen LogP contribution < -0.4 is 5.56 Å². The first-order valence-electron chi connectivity index (χ1n) is 9.90. The summed E-state index contributed by atoms with van der Waals surface area (Å²) in [6.45, 7) is 13.5. The van der Waals surface area contributed by atoms with Crippen LogP contribution in [0.15, 0.2) is 29.1 Å². The maximum Gasteiger partial charge on any atom is 0.331 e. The number of hydrogen-bond donors (Lipinski definition) is 0. The summed E-state index contributed by atoms with van der Waals surface area (Å²) >= 11 is 1.52. The van der Waals surface area contributed by atoms with E-state index in [1.54, 1.807) is 20.8 Å². The quantitative estimate of drug-likeness (QED) is 0.543. The molecule has 3 aromatic rings. The van der Waals surface area contributed by atoms with Gasteiger partial charge in [-0.1, -0.05) is 43.7 Å². The Bertz CT molecular complexity index is 1120. The van der Waals surface area contributed by atoms with Crippen molar-refractivity contribution in [1.82, 2.24) is 9.55 Å². The van der Waals surface area contributed by atoms with E-state index in [0.717, 1.165) is 21.6 Å². The Hall–Kier alpha value is -2.47. The van der Waals surface area contributed by atoms with E-state index < -0.39 is 11.5 Å². The van der Waals surface area contributed by atoms with Gasteiger partial charge in [-0.2, -0.15) is 0 Å². The predicted octanol–water partition coefficient (Wildman–Crippen LogP) is 5.16. The van der Waals surface area contributed by atoms with Crippen molar-refractivity contribution >= 4 is 27.5 Å². The number of esters is 1. The third kappa shape index (κ3) is 3.62. The molecule has 0 radical (unpaired) electrons. The van der Waals surface area contributed by atoms with E-state index in [2.05, 4.69) is 0 Å². The molecule has 5 nitrogen and oxygen atoms in total. The molecule has 0 fully saturated rings. The second kappa shape index (κ2) is 7.75. The molecule has 0 saturated heterocycles. The Balaban J connectivity index is 2.40. The zero-order valence-electron chi connectivity index (χ0n) is 18.1. The lowest BCUT2D eigenvalue weighted by molar-refractivity contribution is -0.152. The topological polar surface area (TPSA) is 61.2 Å². The molecule has 0 aliphatic carbocycles. The number of nitrogens with zero attached hydrogens (tertiary/aromatic N) is 2. The highest BCUT2D eigenvalue weighted by atomic mass is 32.1. The van der Waals surface area contributed by atoms with Crippen molar-refractivity contribution in [2.75, 3.05) is 6.61 Å². The van der Waals surface area contributed by atoms with E-state index in [1.807, 2.05) is 52.0 Å². The number of thiophene rings is 1. The fourth-order valence-corrected chi connectivity index (χ4v) is 4.61. The van der Waals surface area contributed by atoms with E-state index in [4.69, 9.17) is 9.72 Å². The second-order valence-electron chi connectivity index (χ2n) is 8.12. The molecule has 0 spiro atoms. The van der Waals surface area contributed by atoms with Crippen LogP contribution in [0.4, 0.5) is 0 Å². The molecular formula is C23H28N2O3S. The molecule has 0 atom stereocenters.